The first kappa shape index (κ1) is 100. The molecular weight excluding hydrogens is 1330 g/mol. The number of ether oxygens (including phenoxy) is 4. The smallest absolute Gasteiger partial charge is 0.462 e. The van der Waals surface area contributed by atoms with Crippen molar-refractivity contribution in [1.82, 2.24) is 0 Å². The number of esters is 4. The first-order valence-electron chi connectivity index (χ1n) is 42.9. The minimum Gasteiger partial charge on any atom is -0.462 e. The van der Waals surface area contributed by atoms with Crippen molar-refractivity contribution >= 4 is 39.5 Å². The molecule has 0 radical (unpaired) electrons. The maximum absolute atomic E-state index is 13.1. The average Bonchev–Trinajstić information content (AvgIpc) is 0.916. The van der Waals surface area contributed by atoms with E-state index >= 15 is 0 Å². The summed E-state index contributed by atoms with van der Waals surface area (Å²) in [4.78, 5) is 73.1. The van der Waals surface area contributed by atoms with Gasteiger partial charge in [0.2, 0.25) is 0 Å². The molecule has 0 saturated carbocycles. The number of hydrogen-bond acceptors (Lipinski definition) is 15. The Hall–Kier alpha value is -1.94. The Morgan fingerprint density at radius 1 is 0.284 bits per heavy atom. The first-order chi connectivity index (χ1) is 49.3. The molecule has 3 unspecified atom stereocenters. The van der Waals surface area contributed by atoms with Crippen molar-refractivity contribution in [2.45, 2.75) is 452 Å². The van der Waals surface area contributed by atoms with Crippen LogP contribution in [0.1, 0.15) is 434 Å². The molecule has 102 heavy (non-hydrogen) atoms. The molecule has 0 aromatic heterocycles. The second-order valence-electron chi connectivity index (χ2n) is 31.1. The summed E-state index contributed by atoms with van der Waals surface area (Å²) in [5, 5.41) is 10.7. The quantitative estimate of drug-likeness (QED) is 0.0222. The summed E-state index contributed by atoms with van der Waals surface area (Å²) in [5.74, 6) is 0.210. The molecule has 0 amide bonds. The SMILES string of the molecule is CCCCCCCCCCCCCCCCCCCCCCC(=O)O[C@H](COC(=O)CCCCCCCCCCCCCCCCCC(C)C)COP(=O)(O)OC[C@@H](O)COP(=O)(O)OC[C@@H](COC(=O)CCCCCCCCCCC(C)CC)OC(=O)CCCCCCCCCCCC(C)C. The minimum atomic E-state index is -4.96. The lowest BCUT2D eigenvalue weighted by atomic mass is 9.99. The topological polar surface area (TPSA) is 237 Å². The van der Waals surface area contributed by atoms with E-state index in [2.05, 4.69) is 48.5 Å². The summed E-state index contributed by atoms with van der Waals surface area (Å²) in [5.41, 5.74) is 0. The molecule has 0 aliphatic rings. The van der Waals surface area contributed by atoms with Crippen LogP contribution in [-0.4, -0.2) is 96.7 Å². The highest BCUT2D eigenvalue weighted by Crippen LogP contribution is 2.45. The van der Waals surface area contributed by atoms with Crippen LogP contribution in [-0.2, 0) is 65.4 Å². The van der Waals surface area contributed by atoms with Gasteiger partial charge in [0.05, 0.1) is 26.4 Å². The Morgan fingerprint density at radius 2 is 0.500 bits per heavy atom. The second-order valence-corrected chi connectivity index (χ2v) is 34.0. The highest BCUT2D eigenvalue weighted by Gasteiger charge is 2.30. The number of aliphatic hydroxyl groups is 1. The molecule has 0 spiro atoms. The van der Waals surface area contributed by atoms with Gasteiger partial charge in [-0.25, -0.2) is 9.13 Å². The zero-order chi connectivity index (χ0) is 75.1. The Kier molecular flexibility index (Phi) is 71.8. The molecule has 0 fully saturated rings. The van der Waals surface area contributed by atoms with Gasteiger partial charge in [0, 0.05) is 25.7 Å². The summed E-state index contributed by atoms with van der Waals surface area (Å²) in [6.07, 6.45) is 62.5. The largest absolute Gasteiger partial charge is 0.472 e. The van der Waals surface area contributed by atoms with E-state index in [4.69, 9.17) is 37.0 Å². The Balaban J connectivity index is 5.24. The molecule has 0 aromatic carbocycles. The summed E-state index contributed by atoms with van der Waals surface area (Å²) in [6.45, 7) is 12.0. The van der Waals surface area contributed by atoms with Gasteiger partial charge in [-0.3, -0.25) is 37.3 Å². The third-order valence-corrected chi connectivity index (χ3v) is 21.6. The predicted molar refractivity (Wildman–Crippen MR) is 418 cm³/mol. The number of aliphatic hydroxyl groups excluding tert-OH is 1. The molecule has 0 rings (SSSR count). The number of phosphoric ester groups is 2. The molecule has 0 bridgehead atoms. The van der Waals surface area contributed by atoms with Gasteiger partial charge in [0.1, 0.15) is 19.3 Å². The fraction of sp³-hybridized carbons (Fsp3) is 0.952. The van der Waals surface area contributed by atoms with Crippen molar-refractivity contribution in [3.8, 4) is 0 Å². The Labute approximate surface area is 626 Å². The van der Waals surface area contributed by atoms with E-state index in [1.165, 1.54) is 244 Å². The lowest BCUT2D eigenvalue weighted by Crippen LogP contribution is -2.30. The molecule has 19 heteroatoms. The van der Waals surface area contributed by atoms with Crippen LogP contribution in [0.4, 0.5) is 0 Å². The van der Waals surface area contributed by atoms with E-state index in [9.17, 15) is 43.2 Å². The van der Waals surface area contributed by atoms with Crippen molar-refractivity contribution in [2.75, 3.05) is 39.6 Å². The number of carbonyl (C=O) groups is 4. The van der Waals surface area contributed by atoms with Crippen LogP contribution in [0.15, 0.2) is 0 Å². The van der Waals surface area contributed by atoms with Crippen LogP contribution >= 0.6 is 15.6 Å². The summed E-state index contributed by atoms with van der Waals surface area (Å²) < 4.78 is 68.8. The molecular formula is C83H162O17P2. The van der Waals surface area contributed by atoms with E-state index in [-0.39, 0.29) is 25.7 Å². The molecule has 0 aliphatic carbocycles. The zero-order valence-corrected chi connectivity index (χ0v) is 68.9. The number of unbranched alkanes of at least 4 members (excludes halogenated alkanes) is 48. The fourth-order valence-electron chi connectivity index (χ4n) is 12.8. The highest BCUT2D eigenvalue weighted by atomic mass is 31.2. The number of hydrogen-bond donors (Lipinski definition) is 3. The van der Waals surface area contributed by atoms with Gasteiger partial charge in [-0.15, -0.1) is 0 Å². The van der Waals surface area contributed by atoms with Crippen LogP contribution in [0.25, 0.3) is 0 Å². The molecule has 6 atom stereocenters. The van der Waals surface area contributed by atoms with Crippen LogP contribution in [0.5, 0.6) is 0 Å². The number of phosphoric acid groups is 2. The molecule has 0 aromatic rings. The molecule has 0 saturated heterocycles. The van der Waals surface area contributed by atoms with E-state index in [0.717, 1.165) is 108 Å². The molecule has 606 valence electrons. The maximum atomic E-state index is 13.1. The lowest BCUT2D eigenvalue weighted by molar-refractivity contribution is -0.161. The summed E-state index contributed by atoms with van der Waals surface area (Å²) in [7, 11) is -9.92. The van der Waals surface area contributed by atoms with Crippen molar-refractivity contribution < 1.29 is 80.2 Å². The monoisotopic (exact) mass is 1490 g/mol. The normalized spacial score (nSPS) is 14.2. The number of carbonyl (C=O) groups excluding carboxylic acids is 4. The Morgan fingerprint density at radius 3 is 0.745 bits per heavy atom. The molecule has 3 N–H and O–H groups in total. The van der Waals surface area contributed by atoms with Gasteiger partial charge in [-0.2, -0.15) is 0 Å². The predicted octanol–water partition coefficient (Wildman–Crippen LogP) is 24.9. The second kappa shape index (κ2) is 73.2. The van der Waals surface area contributed by atoms with Crippen LogP contribution in [0, 0.1) is 17.8 Å². The lowest BCUT2D eigenvalue weighted by Gasteiger charge is -2.21. The molecule has 17 nitrogen and oxygen atoms in total. The van der Waals surface area contributed by atoms with Crippen molar-refractivity contribution in [1.29, 1.82) is 0 Å². The average molecular weight is 1490 g/mol. The minimum absolute atomic E-state index is 0.105. The number of rotatable bonds is 81. The third kappa shape index (κ3) is 74.9. The van der Waals surface area contributed by atoms with Crippen molar-refractivity contribution in [3.63, 3.8) is 0 Å². The van der Waals surface area contributed by atoms with E-state index < -0.39 is 97.5 Å². The van der Waals surface area contributed by atoms with Gasteiger partial charge in [0.25, 0.3) is 0 Å². The van der Waals surface area contributed by atoms with Crippen LogP contribution in [0.2, 0.25) is 0 Å². The van der Waals surface area contributed by atoms with Gasteiger partial charge in [-0.1, -0.05) is 382 Å². The zero-order valence-electron chi connectivity index (χ0n) is 67.1. The molecule has 0 heterocycles. The van der Waals surface area contributed by atoms with Gasteiger partial charge < -0.3 is 33.8 Å². The van der Waals surface area contributed by atoms with Gasteiger partial charge in [-0.05, 0) is 43.4 Å². The molecule has 0 aliphatic heterocycles. The maximum Gasteiger partial charge on any atom is 0.472 e. The summed E-state index contributed by atoms with van der Waals surface area (Å²) in [6, 6.07) is 0. The van der Waals surface area contributed by atoms with E-state index in [1.807, 2.05) is 0 Å². The third-order valence-electron chi connectivity index (χ3n) is 19.7. The summed E-state index contributed by atoms with van der Waals surface area (Å²) >= 11 is 0. The van der Waals surface area contributed by atoms with Crippen molar-refractivity contribution in [2.24, 2.45) is 17.8 Å². The standard InChI is InChI=1S/C83H162O17P2/c1-8-10-11-12-13-14-15-16-17-18-19-20-21-24-28-31-36-45-52-59-66-82(87)99-78(70-93-80(85)64-57-50-43-35-30-27-25-22-23-26-29-33-40-47-54-61-74(3)4)72-97-101(89,90)95-68-77(84)69-96-102(91,92)98-73-79(100-83(88)67-60-53-46-37-32-34-41-48-55-62-75(5)6)71-94-81(86)65-58-51-44-39-38-42-49-56-63-76(7)9-2/h74-79,84H,8-73H2,1-7H3,(H,89,90)(H,91,92)/t76?,77-,78-,79-/m1/s1. The van der Waals surface area contributed by atoms with Gasteiger partial charge in [0.15, 0.2) is 12.2 Å². The van der Waals surface area contributed by atoms with Crippen LogP contribution in [0.3, 0.4) is 0 Å². The fourth-order valence-corrected chi connectivity index (χ4v) is 14.4. The van der Waals surface area contributed by atoms with Crippen molar-refractivity contribution in [3.05, 3.63) is 0 Å². The van der Waals surface area contributed by atoms with Crippen LogP contribution < -0.4 is 0 Å². The highest BCUT2D eigenvalue weighted by molar-refractivity contribution is 7.47. The first-order valence-corrected chi connectivity index (χ1v) is 45.9. The van der Waals surface area contributed by atoms with E-state index in [0.29, 0.717) is 25.7 Å². The Bertz CT molecular complexity index is 1980. The van der Waals surface area contributed by atoms with Gasteiger partial charge >= 0.3 is 39.5 Å². The van der Waals surface area contributed by atoms with E-state index in [1.54, 1.807) is 0 Å².